The van der Waals surface area contributed by atoms with Gasteiger partial charge < -0.3 is 4.90 Å². The van der Waals surface area contributed by atoms with E-state index in [9.17, 15) is 8.42 Å². The van der Waals surface area contributed by atoms with E-state index in [1.54, 1.807) is 24.3 Å². The number of rotatable bonds is 7. The van der Waals surface area contributed by atoms with Crippen LogP contribution in [0.5, 0.6) is 0 Å². The number of nitrogens with one attached hydrogen (secondary N) is 1. The number of hydrogen-bond donors (Lipinski definition) is 1. The second-order valence-corrected chi connectivity index (χ2v) is 8.45. The Labute approximate surface area is 153 Å². The number of benzene rings is 2. The lowest BCUT2D eigenvalue weighted by atomic mass is 10.0. The molecule has 0 aliphatic rings. The third kappa shape index (κ3) is 4.66. The number of nitrogens with zero attached hydrogens (tertiary/aromatic N) is 1. The average molecular weight is 411 g/mol. The molecule has 0 spiro atoms. The lowest BCUT2D eigenvalue weighted by Gasteiger charge is -2.25. The zero-order valence-corrected chi connectivity index (χ0v) is 16.6. The molecule has 0 amide bonds. The lowest BCUT2D eigenvalue weighted by Crippen LogP contribution is -2.34. The molecule has 0 saturated carbocycles. The molecule has 0 aliphatic carbocycles. The van der Waals surface area contributed by atoms with Gasteiger partial charge in [0, 0.05) is 17.1 Å². The average Bonchev–Trinajstić information content (AvgIpc) is 2.55. The van der Waals surface area contributed by atoms with Crippen molar-refractivity contribution >= 4 is 26.0 Å². The van der Waals surface area contributed by atoms with Crippen LogP contribution in [0.25, 0.3) is 0 Å². The van der Waals surface area contributed by atoms with E-state index in [0.717, 1.165) is 12.0 Å². The molecule has 1 atom stereocenters. The number of aryl methyl sites for hydroxylation is 1. The van der Waals surface area contributed by atoms with Gasteiger partial charge in [0.1, 0.15) is 0 Å². The normalized spacial score (nSPS) is 13.2. The first kappa shape index (κ1) is 19.1. The van der Waals surface area contributed by atoms with Crippen molar-refractivity contribution in [3.8, 4) is 0 Å². The quantitative estimate of drug-likeness (QED) is 0.758. The van der Waals surface area contributed by atoms with E-state index in [2.05, 4.69) is 51.8 Å². The van der Waals surface area contributed by atoms with Gasteiger partial charge in [-0.25, -0.2) is 13.1 Å². The Kier molecular flexibility index (Phi) is 6.57. The Hall–Kier alpha value is -1.21. The molecule has 6 heteroatoms. The molecule has 130 valence electrons. The maximum absolute atomic E-state index is 12.6. The van der Waals surface area contributed by atoms with Crippen molar-refractivity contribution in [1.29, 1.82) is 0 Å². The summed E-state index contributed by atoms with van der Waals surface area (Å²) in [5.74, 6) is 0. The molecular formula is C18H23BrN2O2S. The summed E-state index contributed by atoms with van der Waals surface area (Å²) in [6, 6.07) is 15.1. The fourth-order valence-corrected chi connectivity index (χ4v) is 4.54. The Morgan fingerprint density at radius 1 is 1.08 bits per heavy atom. The maximum atomic E-state index is 12.6. The number of halogens is 1. The zero-order valence-electron chi connectivity index (χ0n) is 14.2. The summed E-state index contributed by atoms with van der Waals surface area (Å²) >= 11 is 3.30. The van der Waals surface area contributed by atoms with Crippen LogP contribution < -0.4 is 4.72 Å². The van der Waals surface area contributed by atoms with Crippen LogP contribution >= 0.6 is 15.9 Å². The van der Waals surface area contributed by atoms with Crippen molar-refractivity contribution < 1.29 is 8.42 Å². The maximum Gasteiger partial charge on any atom is 0.241 e. The molecule has 0 fully saturated rings. The van der Waals surface area contributed by atoms with Crippen LogP contribution in [0.1, 0.15) is 24.1 Å². The summed E-state index contributed by atoms with van der Waals surface area (Å²) < 4.78 is 28.4. The van der Waals surface area contributed by atoms with Crippen molar-refractivity contribution in [1.82, 2.24) is 9.62 Å². The van der Waals surface area contributed by atoms with Gasteiger partial charge in [-0.2, -0.15) is 0 Å². The van der Waals surface area contributed by atoms with E-state index >= 15 is 0 Å². The van der Waals surface area contributed by atoms with E-state index in [-0.39, 0.29) is 10.9 Å². The first-order valence-electron chi connectivity index (χ1n) is 7.84. The SMILES string of the molecule is CCc1ccc([C@H](CNS(=O)(=O)c2ccccc2Br)N(C)C)cc1. The molecule has 0 saturated heterocycles. The number of hydrogen-bond acceptors (Lipinski definition) is 3. The minimum Gasteiger partial charge on any atom is -0.301 e. The van der Waals surface area contributed by atoms with Gasteiger partial charge in [0.25, 0.3) is 0 Å². The van der Waals surface area contributed by atoms with Crippen molar-refractivity contribution in [3.63, 3.8) is 0 Å². The van der Waals surface area contributed by atoms with Gasteiger partial charge >= 0.3 is 0 Å². The molecule has 2 aromatic rings. The van der Waals surface area contributed by atoms with E-state index < -0.39 is 10.0 Å². The summed E-state index contributed by atoms with van der Waals surface area (Å²) in [5, 5.41) is 0. The van der Waals surface area contributed by atoms with Gasteiger partial charge in [0.2, 0.25) is 10.0 Å². The molecule has 2 aromatic carbocycles. The fourth-order valence-electron chi connectivity index (χ4n) is 2.50. The molecule has 0 aromatic heterocycles. The molecule has 0 radical (unpaired) electrons. The van der Waals surface area contributed by atoms with Crippen LogP contribution in [0.2, 0.25) is 0 Å². The summed E-state index contributed by atoms with van der Waals surface area (Å²) in [5.41, 5.74) is 2.36. The number of likely N-dealkylation sites (N-methyl/N-ethyl adjacent to an activating group) is 1. The largest absolute Gasteiger partial charge is 0.301 e. The van der Waals surface area contributed by atoms with Crippen LogP contribution in [0, 0.1) is 0 Å². The highest BCUT2D eigenvalue weighted by Gasteiger charge is 2.21. The summed E-state index contributed by atoms with van der Waals surface area (Å²) in [4.78, 5) is 2.27. The van der Waals surface area contributed by atoms with Crippen LogP contribution in [0.4, 0.5) is 0 Å². The summed E-state index contributed by atoms with van der Waals surface area (Å²) in [6.07, 6.45) is 0.988. The van der Waals surface area contributed by atoms with E-state index in [1.165, 1.54) is 5.56 Å². The van der Waals surface area contributed by atoms with E-state index in [1.807, 2.05) is 19.0 Å². The van der Waals surface area contributed by atoms with Crippen molar-refractivity contribution in [3.05, 3.63) is 64.1 Å². The topological polar surface area (TPSA) is 49.4 Å². The molecule has 2 rings (SSSR count). The van der Waals surface area contributed by atoms with E-state index in [4.69, 9.17) is 0 Å². The molecule has 0 unspecified atom stereocenters. The third-order valence-electron chi connectivity index (χ3n) is 3.99. The summed E-state index contributed by atoms with van der Waals surface area (Å²) in [7, 11) is 0.335. The van der Waals surface area contributed by atoms with E-state index in [0.29, 0.717) is 11.0 Å². The first-order valence-corrected chi connectivity index (χ1v) is 10.1. The standard InChI is InChI=1S/C18H23BrN2O2S/c1-4-14-9-11-15(12-10-14)17(21(2)3)13-20-24(22,23)18-8-6-5-7-16(18)19/h5-12,17,20H,4,13H2,1-3H3/t17-/m0/s1. The van der Waals surface area contributed by atoms with Crippen LogP contribution in [-0.4, -0.2) is 34.0 Å². The van der Waals surface area contributed by atoms with Gasteiger partial charge in [-0.3, -0.25) is 0 Å². The Balaban J connectivity index is 2.18. The van der Waals surface area contributed by atoms with Crippen LogP contribution in [0.15, 0.2) is 57.9 Å². The summed E-state index contributed by atoms with van der Waals surface area (Å²) in [6.45, 7) is 2.42. The molecule has 24 heavy (non-hydrogen) atoms. The predicted octanol–water partition coefficient (Wildman–Crippen LogP) is 3.59. The Morgan fingerprint density at radius 2 is 1.71 bits per heavy atom. The Morgan fingerprint density at radius 3 is 2.25 bits per heavy atom. The van der Waals surface area contributed by atoms with Crippen LogP contribution in [-0.2, 0) is 16.4 Å². The van der Waals surface area contributed by atoms with Crippen molar-refractivity contribution in [2.75, 3.05) is 20.6 Å². The number of sulfonamides is 1. The van der Waals surface area contributed by atoms with Gasteiger partial charge in [0.15, 0.2) is 0 Å². The van der Waals surface area contributed by atoms with Gasteiger partial charge in [0.05, 0.1) is 4.90 Å². The van der Waals surface area contributed by atoms with Gasteiger partial charge in [-0.1, -0.05) is 43.3 Å². The molecule has 0 heterocycles. The molecule has 4 nitrogen and oxygen atoms in total. The zero-order chi connectivity index (χ0) is 17.7. The highest BCUT2D eigenvalue weighted by Crippen LogP contribution is 2.23. The molecule has 0 aliphatic heterocycles. The molecule has 0 bridgehead atoms. The smallest absolute Gasteiger partial charge is 0.241 e. The minimum absolute atomic E-state index is 0.0341. The van der Waals surface area contributed by atoms with Gasteiger partial charge in [-0.15, -0.1) is 0 Å². The lowest BCUT2D eigenvalue weighted by molar-refractivity contribution is 0.299. The Bertz CT molecular complexity index is 774. The van der Waals surface area contributed by atoms with Crippen molar-refractivity contribution in [2.24, 2.45) is 0 Å². The highest BCUT2D eigenvalue weighted by molar-refractivity contribution is 9.10. The van der Waals surface area contributed by atoms with Gasteiger partial charge in [-0.05, 0) is 59.7 Å². The predicted molar refractivity (Wildman–Crippen MR) is 102 cm³/mol. The highest BCUT2D eigenvalue weighted by atomic mass is 79.9. The van der Waals surface area contributed by atoms with Crippen molar-refractivity contribution in [2.45, 2.75) is 24.3 Å². The fraction of sp³-hybridized carbons (Fsp3) is 0.333. The minimum atomic E-state index is -3.56. The first-order chi connectivity index (χ1) is 11.3. The second-order valence-electron chi connectivity index (χ2n) is 5.86. The van der Waals surface area contributed by atoms with Crippen LogP contribution in [0.3, 0.4) is 0 Å². The second kappa shape index (κ2) is 8.25. The third-order valence-corrected chi connectivity index (χ3v) is 6.42. The molecular weight excluding hydrogens is 388 g/mol. The monoisotopic (exact) mass is 410 g/mol. The molecule has 1 N–H and O–H groups in total.